The maximum Gasteiger partial charge on any atom is 0.169 e. The number of hydrogen-bond donors (Lipinski definition) is 0. The quantitative estimate of drug-likeness (QED) is 0.740. The normalized spacial score (nSPS) is 9.80. The molecule has 0 atom stereocenters. The highest BCUT2D eigenvalue weighted by Gasteiger charge is 2.01. The summed E-state index contributed by atoms with van der Waals surface area (Å²) in [6, 6.07) is 7.69. The zero-order valence-corrected chi connectivity index (χ0v) is 9.49. The van der Waals surface area contributed by atoms with E-state index in [9.17, 15) is 4.79 Å². The van der Waals surface area contributed by atoms with E-state index in [0.717, 1.165) is 11.4 Å². The van der Waals surface area contributed by atoms with Crippen molar-refractivity contribution in [3.8, 4) is 5.75 Å². The van der Waals surface area contributed by atoms with Gasteiger partial charge in [-0.3, -0.25) is 4.79 Å². The SMILES string of the molecule is CCC(=O)COc1cccc(N(C)C)c1. The van der Waals surface area contributed by atoms with Gasteiger partial charge in [0.05, 0.1) is 0 Å². The largest absolute Gasteiger partial charge is 0.486 e. The Kier molecular flexibility index (Phi) is 4.16. The second-order valence-corrected chi connectivity index (χ2v) is 3.57. The first-order valence-electron chi connectivity index (χ1n) is 5.05. The summed E-state index contributed by atoms with van der Waals surface area (Å²) in [4.78, 5) is 13.1. The molecule has 1 aromatic rings. The van der Waals surface area contributed by atoms with Gasteiger partial charge in [-0.15, -0.1) is 0 Å². The predicted octanol–water partition coefficient (Wildman–Crippen LogP) is 2.11. The van der Waals surface area contributed by atoms with E-state index in [2.05, 4.69) is 0 Å². The first kappa shape index (κ1) is 11.6. The summed E-state index contributed by atoms with van der Waals surface area (Å²) in [5.74, 6) is 0.855. The van der Waals surface area contributed by atoms with Crippen molar-refractivity contribution in [2.24, 2.45) is 0 Å². The number of anilines is 1. The Bertz CT molecular complexity index is 334. The number of ether oxygens (including phenoxy) is 1. The Morgan fingerprint density at radius 1 is 1.40 bits per heavy atom. The van der Waals surface area contributed by atoms with E-state index >= 15 is 0 Å². The molecule has 0 saturated carbocycles. The van der Waals surface area contributed by atoms with Crippen molar-refractivity contribution in [2.75, 3.05) is 25.6 Å². The maximum atomic E-state index is 11.1. The van der Waals surface area contributed by atoms with E-state index in [0.29, 0.717) is 6.42 Å². The summed E-state index contributed by atoms with van der Waals surface area (Å²) in [6.45, 7) is 2.00. The van der Waals surface area contributed by atoms with Gasteiger partial charge in [-0.25, -0.2) is 0 Å². The van der Waals surface area contributed by atoms with Gasteiger partial charge < -0.3 is 9.64 Å². The fraction of sp³-hybridized carbons (Fsp3) is 0.417. The van der Waals surface area contributed by atoms with Crippen molar-refractivity contribution in [3.05, 3.63) is 24.3 Å². The molecule has 0 N–H and O–H groups in total. The Labute approximate surface area is 90.7 Å². The Morgan fingerprint density at radius 2 is 2.13 bits per heavy atom. The van der Waals surface area contributed by atoms with Gasteiger partial charge in [0.25, 0.3) is 0 Å². The van der Waals surface area contributed by atoms with Crippen LogP contribution in [0.25, 0.3) is 0 Å². The number of carbonyl (C=O) groups is 1. The Hall–Kier alpha value is -1.51. The van der Waals surface area contributed by atoms with Crippen molar-refractivity contribution < 1.29 is 9.53 Å². The summed E-state index contributed by atoms with van der Waals surface area (Å²) in [6.07, 6.45) is 0.521. The van der Waals surface area contributed by atoms with E-state index in [1.165, 1.54) is 0 Å². The molecule has 0 unspecified atom stereocenters. The van der Waals surface area contributed by atoms with Crippen LogP contribution >= 0.6 is 0 Å². The van der Waals surface area contributed by atoms with Gasteiger partial charge in [0.1, 0.15) is 12.4 Å². The summed E-state index contributed by atoms with van der Waals surface area (Å²) >= 11 is 0. The molecule has 0 aromatic heterocycles. The van der Waals surface area contributed by atoms with Crippen molar-refractivity contribution in [3.63, 3.8) is 0 Å². The molecule has 3 heteroatoms. The highest BCUT2D eigenvalue weighted by Crippen LogP contribution is 2.19. The third-order valence-corrected chi connectivity index (χ3v) is 2.13. The molecule has 0 aliphatic carbocycles. The predicted molar refractivity (Wildman–Crippen MR) is 61.6 cm³/mol. The number of benzene rings is 1. The lowest BCUT2D eigenvalue weighted by Gasteiger charge is -2.13. The fourth-order valence-electron chi connectivity index (χ4n) is 1.12. The van der Waals surface area contributed by atoms with Gasteiger partial charge in [0.2, 0.25) is 0 Å². The molecule has 1 rings (SSSR count). The van der Waals surface area contributed by atoms with E-state index in [4.69, 9.17) is 4.74 Å². The molecule has 0 aliphatic rings. The topological polar surface area (TPSA) is 29.5 Å². The lowest BCUT2D eigenvalue weighted by atomic mass is 10.3. The Balaban J connectivity index is 2.61. The summed E-state index contributed by atoms with van der Waals surface area (Å²) < 4.78 is 5.37. The molecule has 0 saturated heterocycles. The van der Waals surface area contributed by atoms with E-state index in [1.807, 2.05) is 50.2 Å². The molecule has 15 heavy (non-hydrogen) atoms. The molecule has 0 aliphatic heterocycles. The fourth-order valence-corrected chi connectivity index (χ4v) is 1.12. The van der Waals surface area contributed by atoms with E-state index < -0.39 is 0 Å². The van der Waals surface area contributed by atoms with Crippen LogP contribution in [0.4, 0.5) is 5.69 Å². The average molecular weight is 207 g/mol. The van der Waals surface area contributed by atoms with Crippen molar-refractivity contribution in [1.29, 1.82) is 0 Å². The number of ketones is 1. The zero-order chi connectivity index (χ0) is 11.3. The molecule has 0 amide bonds. The first-order chi connectivity index (χ1) is 7.13. The summed E-state index contributed by atoms with van der Waals surface area (Å²) in [5.41, 5.74) is 1.07. The summed E-state index contributed by atoms with van der Waals surface area (Å²) in [7, 11) is 3.94. The van der Waals surface area contributed by atoms with Gasteiger partial charge in [0, 0.05) is 32.3 Å². The summed E-state index contributed by atoms with van der Waals surface area (Å²) in [5, 5.41) is 0. The lowest BCUT2D eigenvalue weighted by Crippen LogP contribution is -2.11. The number of carbonyl (C=O) groups excluding carboxylic acids is 1. The molecule has 0 fully saturated rings. The first-order valence-corrected chi connectivity index (χ1v) is 5.05. The Morgan fingerprint density at radius 3 is 2.73 bits per heavy atom. The van der Waals surface area contributed by atoms with Crippen LogP contribution in [0.5, 0.6) is 5.75 Å². The van der Waals surface area contributed by atoms with Crippen LogP contribution in [0.2, 0.25) is 0 Å². The van der Waals surface area contributed by atoms with Gasteiger partial charge in [0.15, 0.2) is 5.78 Å². The maximum absolute atomic E-state index is 11.1. The van der Waals surface area contributed by atoms with Crippen LogP contribution in [0, 0.1) is 0 Å². The lowest BCUT2D eigenvalue weighted by molar-refractivity contribution is -0.120. The second kappa shape index (κ2) is 5.39. The van der Waals surface area contributed by atoms with Gasteiger partial charge in [-0.1, -0.05) is 13.0 Å². The number of nitrogens with zero attached hydrogens (tertiary/aromatic N) is 1. The molecular formula is C12H17NO2. The molecule has 0 heterocycles. The highest BCUT2D eigenvalue weighted by molar-refractivity contribution is 5.79. The van der Waals surface area contributed by atoms with Gasteiger partial charge >= 0.3 is 0 Å². The molecular weight excluding hydrogens is 190 g/mol. The zero-order valence-electron chi connectivity index (χ0n) is 9.49. The molecule has 82 valence electrons. The van der Waals surface area contributed by atoms with E-state index in [-0.39, 0.29) is 12.4 Å². The number of hydrogen-bond acceptors (Lipinski definition) is 3. The van der Waals surface area contributed by atoms with Crippen LogP contribution < -0.4 is 9.64 Å². The van der Waals surface area contributed by atoms with Gasteiger partial charge in [-0.05, 0) is 12.1 Å². The second-order valence-electron chi connectivity index (χ2n) is 3.57. The molecule has 0 spiro atoms. The van der Waals surface area contributed by atoms with Crippen molar-refractivity contribution in [2.45, 2.75) is 13.3 Å². The minimum absolute atomic E-state index is 0.116. The van der Waals surface area contributed by atoms with Crippen LogP contribution in [-0.4, -0.2) is 26.5 Å². The number of Topliss-reactive ketones (excluding diaryl/α,β-unsaturated/α-hetero) is 1. The average Bonchev–Trinajstić information content (AvgIpc) is 2.26. The molecule has 0 radical (unpaired) electrons. The smallest absolute Gasteiger partial charge is 0.169 e. The van der Waals surface area contributed by atoms with Gasteiger partial charge in [-0.2, -0.15) is 0 Å². The number of rotatable bonds is 5. The van der Waals surface area contributed by atoms with Crippen molar-refractivity contribution >= 4 is 11.5 Å². The van der Waals surface area contributed by atoms with Crippen molar-refractivity contribution in [1.82, 2.24) is 0 Å². The molecule has 0 bridgehead atoms. The third-order valence-electron chi connectivity index (χ3n) is 2.13. The third kappa shape index (κ3) is 3.62. The minimum atomic E-state index is 0.116. The highest BCUT2D eigenvalue weighted by atomic mass is 16.5. The standard InChI is InChI=1S/C12H17NO2/c1-4-11(14)9-15-12-7-5-6-10(8-12)13(2)3/h5-8H,4,9H2,1-3H3. The van der Waals surface area contributed by atoms with Crippen LogP contribution in [-0.2, 0) is 4.79 Å². The monoisotopic (exact) mass is 207 g/mol. The minimum Gasteiger partial charge on any atom is -0.486 e. The molecule has 1 aromatic carbocycles. The van der Waals surface area contributed by atoms with Crippen LogP contribution in [0.15, 0.2) is 24.3 Å². The molecule has 3 nitrogen and oxygen atoms in total. The van der Waals surface area contributed by atoms with E-state index in [1.54, 1.807) is 0 Å². The van der Waals surface area contributed by atoms with Crippen LogP contribution in [0.1, 0.15) is 13.3 Å². The van der Waals surface area contributed by atoms with Crippen LogP contribution in [0.3, 0.4) is 0 Å².